The van der Waals surface area contributed by atoms with Gasteiger partial charge in [0.2, 0.25) is 0 Å². The highest BCUT2D eigenvalue weighted by atomic mass is 16.5. The van der Waals surface area contributed by atoms with Crippen molar-refractivity contribution in [3.05, 3.63) is 58.7 Å². The maximum atomic E-state index is 12.7. The number of amides is 2. The average molecular weight is 382 g/mol. The molecule has 0 spiro atoms. The van der Waals surface area contributed by atoms with Crippen molar-refractivity contribution in [2.45, 2.75) is 27.2 Å². The Morgan fingerprint density at radius 2 is 1.68 bits per heavy atom. The molecule has 1 fully saturated rings. The lowest BCUT2D eigenvalue weighted by molar-refractivity contribution is 0.148. The van der Waals surface area contributed by atoms with Gasteiger partial charge in [0.15, 0.2) is 0 Å². The van der Waals surface area contributed by atoms with Gasteiger partial charge in [0, 0.05) is 38.4 Å². The van der Waals surface area contributed by atoms with Crippen molar-refractivity contribution in [2.75, 3.05) is 45.2 Å². The van der Waals surface area contributed by atoms with E-state index in [9.17, 15) is 4.79 Å². The van der Waals surface area contributed by atoms with Crippen LogP contribution in [0.1, 0.15) is 22.3 Å². The number of carbonyl (C=O) groups is 1. The molecular weight excluding hydrogens is 350 g/mol. The molecule has 0 bridgehead atoms. The van der Waals surface area contributed by atoms with Gasteiger partial charge in [0.1, 0.15) is 5.75 Å². The molecule has 1 heterocycles. The lowest BCUT2D eigenvalue weighted by Crippen LogP contribution is -2.50. The molecule has 2 amide bonds. The lowest BCUT2D eigenvalue weighted by Gasteiger charge is -2.35. The minimum absolute atomic E-state index is 0.000526. The fourth-order valence-electron chi connectivity index (χ4n) is 3.93. The predicted molar refractivity (Wildman–Crippen MR) is 114 cm³/mol. The summed E-state index contributed by atoms with van der Waals surface area (Å²) in [5, 5.41) is 3.12. The van der Waals surface area contributed by atoms with E-state index in [2.05, 4.69) is 41.4 Å². The molecule has 0 aliphatic carbocycles. The van der Waals surface area contributed by atoms with E-state index in [0.717, 1.165) is 61.7 Å². The van der Waals surface area contributed by atoms with Gasteiger partial charge in [-0.25, -0.2) is 4.79 Å². The Bertz CT molecular complexity index is 803. The third-order valence-electron chi connectivity index (χ3n) is 5.46. The van der Waals surface area contributed by atoms with Gasteiger partial charge in [-0.1, -0.05) is 35.9 Å². The Hall–Kier alpha value is -2.53. The van der Waals surface area contributed by atoms with Crippen LogP contribution in [0, 0.1) is 20.8 Å². The molecule has 0 aromatic heterocycles. The minimum atomic E-state index is -0.000526. The second-order valence-electron chi connectivity index (χ2n) is 7.59. The molecule has 1 N–H and O–H groups in total. The van der Waals surface area contributed by atoms with Crippen LogP contribution in [0.5, 0.6) is 5.75 Å². The summed E-state index contributed by atoms with van der Waals surface area (Å²) in [6, 6.07) is 12.4. The Morgan fingerprint density at radius 1 is 1.04 bits per heavy atom. The summed E-state index contributed by atoms with van der Waals surface area (Å²) in [6.07, 6.45) is 0.956. The number of rotatable bonds is 5. The van der Waals surface area contributed by atoms with E-state index in [-0.39, 0.29) is 6.03 Å². The standard InChI is InChI=1S/C23H31N3O2/c1-17-15-18(2)22(19(3)16-17)24-23(27)26-13-11-25(12-14-26)10-9-20-7-5-6-8-21(20)28-4/h5-8,15-16H,9-14H2,1-4H3,(H,24,27). The third-order valence-corrected chi connectivity index (χ3v) is 5.46. The number of ether oxygens (including phenoxy) is 1. The van der Waals surface area contributed by atoms with Gasteiger partial charge in [0.05, 0.1) is 7.11 Å². The molecule has 3 rings (SSSR count). The van der Waals surface area contributed by atoms with Crippen LogP contribution in [0.15, 0.2) is 36.4 Å². The van der Waals surface area contributed by atoms with Gasteiger partial charge >= 0.3 is 6.03 Å². The molecule has 5 nitrogen and oxygen atoms in total. The number of benzene rings is 2. The number of carbonyl (C=O) groups excluding carboxylic acids is 1. The van der Waals surface area contributed by atoms with Crippen LogP contribution in [-0.4, -0.2) is 55.7 Å². The number of para-hydroxylation sites is 1. The fraction of sp³-hybridized carbons (Fsp3) is 0.435. The number of aryl methyl sites for hydroxylation is 3. The highest BCUT2D eigenvalue weighted by Gasteiger charge is 2.22. The van der Waals surface area contributed by atoms with E-state index >= 15 is 0 Å². The van der Waals surface area contributed by atoms with Gasteiger partial charge < -0.3 is 15.0 Å². The summed E-state index contributed by atoms with van der Waals surface area (Å²) in [5.74, 6) is 0.948. The smallest absolute Gasteiger partial charge is 0.321 e. The fourth-order valence-corrected chi connectivity index (χ4v) is 3.93. The second-order valence-corrected chi connectivity index (χ2v) is 7.59. The molecule has 2 aromatic rings. The van der Waals surface area contributed by atoms with Crippen LogP contribution in [0.25, 0.3) is 0 Å². The zero-order valence-corrected chi connectivity index (χ0v) is 17.4. The first-order valence-electron chi connectivity index (χ1n) is 9.96. The van der Waals surface area contributed by atoms with Crippen molar-refractivity contribution in [1.29, 1.82) is 0 Å². The molecule has 1 aliphatic rings. The van der Waals surface area contributed by atoms with Crippen molar-refractivity contribution < 1.29 is 9.53 Å². The van der Waals surface area contributed by atoms with Gasteiger partial charge in [0.25, 0.3) is 0 Å². The molecule has 1 aliphatic heterocycles. The van der Waals surface area contributed by atoms with E-state index in [1.807, 2.05) is 30.9 Å². The second kappa shape index (κ2) is 9.11. The predicted octanol–water partition coefficient (Wildman–Crippen LogP) is 4.01. The van der Waals surface area contributed by atoms with Crippen molar-refractivity contribution >= 4 is 11.7 Å². The Morgan fingerprint density at radius 3 is 2.32 bits per heavy atom. The number of nitrogens with one attached hydrogen (secondary N) is 1. The Labute approximate surface area is 168 Å². The minimum Gasteiger partial charge on any atom is -0.496 e. The first kappa shape index (κ1) is 20.2. The summed E-state index contributed by atoms with van der Waals surface area (Å²) in [4.78, 5) is 17.0. The number of methoxy groups -OCH3 is 1. The molecule has 0 saturated carbocycles. The van der Waals surface area contributed by atoms with E-state index in [0.29, 0.717) is 0 Å². The average Bonchev–Trinajstić information content (AvgIpc) is 2.69. The van der Waals surface area contributed by atoms with Gasteiger partial charge in [-0.15, -0.1) is 0 Å². The molecule has 0 atom stereocenters. The Balaban J connectivity index is 1.50. The van der Waals surface area contributed by atoms with Crippen LogP contribution < -0.4 is 10.1 Å². The molecule has 1 saturated heterocycles. The number of hydrogen-bond donors (Lipinski definition) is 1. The number of hydrogen-bond acceptors (Lipinski definition) is 3. The molecule has 0 radical (unpaired) electrons. The number of nitrogens with zero attached hydrogens (tertiary/aromatic N) is 2. The normalized spacial score (nSPS) is 14.8. The van der Waals surface area contributed by atoms with Gasteiger partial charge in [-0.05, 0) is 49.9 Å². The number of urea groups is 1. The zero-order chi connectivity index (χ0) is 20.1. The summed E-state index contributed by atoms with van der Waals surface area (Å²) in [7, 11) is 1.72. The number of piperazine rings is 1. The maximum Gasteiger partial charge on any atom is 0.321 e. The largest absolute Gasteiger partial charge is 0.496 e. The Kier molecular flexibility index (Phi) is 6.57. The molecule has 0 unspecified atom stereocenters. The van der Waals surface area contributed by atoms with Crippen LogP contribution >= 0.6 is 0 Å². The van der Waals surface area contributed by atoms with Crippen LogP contribution in [0.4, 0.5) is 10.5 Å². The first-order chi connectivity index (χ1) is 13.5. The van der Waals surface area contributed by atoms with Gasteiger partial charge in [-0.2, -0.15) is 0 Å². The molecular formula is C23H31N3O2. The van der Waals surface area contributed by atoms with Crippen LogP contribution in [0.3, 0.4) is 0 Å². The topological polar surface area (TPSA) is 44.8 Å². The quantitative estimate of drug-likeness (QED) is 0.851. The van der Waals surface area contributed by atoms with Crippen molar-refractivity contribution in [3.8, 4) is 5.75 Å². The number of anilines is 1. The van der Waals surface area contributed by atoms with Crippen LogP contribution in [-0.2, 0) is 6.42 Å². The summed E-state index contributed by atoms with van der Waals surface area (Å²) in [6.45, 7) is 10.4. The van der Waals surface area contributed by atoms with Crippen molar-refractivity contribution in [2.24, 2.45) is 0 Å². The maximum absolute atomic E-state index is 12.7. The van der Waals surface area contributed by atoms with Crippen molar-refractivity contribution in [3.63, 3.8) is 0 Å². The SMILES string of the molecule is COc1ccccc1CCN1CCN(C(=O)Nc2c(C)cc(C)cc2C)CC1. The van der Waals surface area contributed by atoms with E-state index in [1.54, 1.807) is 7.11 Å². The summed E-state index contributed by atoms with van der Waals surface area (Å²) >= 11 is 0. The van der Waals surface area contributed by atoms with E-state index < -0.39 is 0 Å². The van der Waals surface area contributed by atoms with E-state index in [4.69, 9.17) is 4.74 Å². The lowest BCUT2D eigenvalue weighted by atomic mass is 10.1. The van der Waals surface area contributed by atoms with Crippen molar-refractivity contribution in [1.82, 2.24) is 9.80 Å². The molecule has 5 heteroatoms. The summed E-state index contributed by atoms with van der Waals surface area (Å²) < 4.78 is 5.44. The monoisotopic (exact) mass is 381 g/mol. The highest BCUT2D eigenvalue weighted by Crippen LogP contribution is 2.23. The molecule has 28 heavy (non-hydrogen) atoms. The third kappa shape index (κ3) is 4.84. The summed E-state index contributed by atoms with van der Waals surface area (Å²) in [5.41, 5.74) is 5.61. The van der Waals surface area contributed by atoms with Gasteiger partial charge in [-0.3, -0.25) is 4.90 Å². The first-order valence-corrected chi connectivity index (χ1v) is 9.96. The van der Waals surface area contributed by atoms with E-state index in [1.165, 1.54) is 11.1 Å². The zero-order valence-electron chi connectivity index (χ0n) is 17.4. The van der Waals surface area contributed by atoms with Crippen LogP contribution in [0.2, 0.25) is 0 Å². The highest BCUT2D eigenvalue weighted by molar-refractivity contribution is 5.91. The molecule has 2 aromatic carbocycles. The molecule has 150 valence electrons.